The molecular weight excluding hydrogens is 234 g/mol. The number of ketones is 1. The molecule has 4 nitrogen and oxygen atoms in total. The van der Waals surface area contributed by atoms with Gasteiger partial charge in [-0.05, 0) is 25.1 Å². The van der Waals surface area contributed by atoms with Gasteiger partial charge in [0, 0.05) is 5.56 Å². The molecule has 0 aromatic heterocycles. The number of carbonyl (C=O) groups is 2. The number of ether oxygens (including phenoxy) is 1. The van der Waals surface area contributed by atoms with Gasteiger partial charge in [-0.15, -0.1) is 0 Å². The molecule has 0 heterocycles. The summed E-state index contributed by atoms with van der Waals surface area (Å²) in [6, 6.07) is 2.69. The number of hydrogen-bond donors (Lipinski definition) is 1. The summed E-state index contributed by atoms with van der Waals surface area (Å²) in [5.74, 6) is -2.87. The zero-order valence-corrected chi connectivity index (χ0v) is 8.94. The van der Waals surface area contributed by atoms with Crippen molar-refractivity contribution in [2.24, 2.45) is 0 Å². The molecule has 92 valence electrons. The van der Waals surface area contributed by atoms with Crippen LogP contribution >= 0.6 is 0 Å². The number of halogens is 2. The van der Waals surface area contributed by atoms with E-state index in [0.717, 1.165) is 18.2 Å². The first-order valence-electron chi connectivity index (χ1n) is 4.79. The van der Waals surface area contributed by atoms with E-state index in [9.17, 15) is 23.5 Å². The number of Topliss-reactive ketones (excluding diaryl/α,β-unsaturated/α-hetero) is 1. The van der Waals surface area contributed by atoms with Crippen LogP contribution in [0, 0.1) is 0 Å². The van der Waals surface area contributed by atoms with Crippen LogP contribution in [0.2, 0.25) is 0 Å². The standard InChI is InChI=1S/C11H10F2O4/c1-2-17-11(16)9(15)7-5-6(10(12)13)3-4-8(7)14/h3-5,10,14H,2H2,1H3. The summed E-state index contributed by atoms with van der Waals surface area (Å²) < 4.78 is 29.2. The Hall–Kier alpha value is -1.98. The van der Waals surface area contributed by atoms with Crippen LogP contribution in [0.1, 0.15) is 29.3 Å². The Morgan fingerprint density at radius 3 is 2.59 bits per heavy atom. The van der Waals surface area contributed by atoms with E-state index in [2.05, 4.69) is 4.74 Å². The van der Waals surface area contributed by atoms with Crippen molar-refractivity contribution in [3.8, 4) is 5.75 Å². The van der Waals surface area contributed by atoms with Gasteiger partial charge in [0.1, 0.15) is 5.75 Å². The Kier molecular flexibility index (Phi) is 4.14. The largest absolute Gasteiger partial charge is 0.507 e. The van der Waals surface area contributed by atoms with Gasteiger partial charge < -0.3 is 9.84 Å². The maximum Gasteiger partial charge on any atom is 0.379 e. The third kappa shape index (κ3) is 2.99. The number of phenols is 1. The summed E-state index contributed by atoms with van der Waals surface area (Å²) in [5, 5.41) is 9.33. The Morgan fingerprint density at radius 2 is 2.06 bits per heavy atom. The number of aromatic hydroxyl groups is 1. The molecule has 0 unspecified atom stereocenters. The van der Waals surface area contributed by atoms with Crippen LogP contribution in [0.15, 0.2) is 18.2 Å². The van der Waals surface area contributed by atoms with Crippen molar-refractivity contribution < 1.29 is 28.2 Å². The Bertz CT molecular complexity index is 443. The maximum atomic E-state index is 12.4. The first-order chi connectivity index (χ1) is 7.97. The first-order valence-corrected chi connectivity index (χ1v) is 4.79. The molecule has 0 aliphatic carbocycles. The molecule has 1 aromatic rings. The lowest BCUT2D eigenvalue weighted by atomic mass is 10.1. The fourth-order valence-corrected chi connectivity index (χ4v) is 1.18. The highest BCUT2D eigenvalue weighted by Crippen LogP contribution is 2.25. The smallest absolute Gasteiger partial charge is 0.379 e. The van der Waals surface area contributed by atoms with E-state index >= 15 is 0 Å². The van der Waals surface area contributed by atoms with Gasteiger partial charge in [0.05, 0.1) is 12.2 Å². The Morgan fingerprint density at radius 1 is 1.41 bits per heavy atom. The van der Waals surface area contributed by atoms with E-state index in [1.54, 1.807) is 0 Å². The molecule has 0 spiro atoms. The fraction of sp³-hybridized carbons (Fsp3) is 0.273. The van der Waals surface area contributed by atoms with Crippen molar-refractivity contribution in [1.82, 2.24) is 0 Å². The summed E-state index contributed by atoms with van der Waals surface area (Å²) >= 11 is 0. The minimum atomic E-state index is -2.79. The van der Waals surface area contributed by atoms with E-state index in [0.29, 0.717) is 0 Å². The molecule has 0 fully saturated rings. The average Bonchev–Trinajstić information content (AvgIpc) is 2.28. The van der Waals surface area contributed by atoms with Gasteiger partial charge in [0.25, 0.3) is 12.2 Å². The lowest BCUT2D eigenvalue weighted by molar-refractivity contribution is -0.137. The van der Waals surface area contributed by atoms with E-state index in [-0.39, 0.29) is 6.61 Å². The lowest BCUT2D eigenvalue weighted by Gasteiger charge is -2.06. The zero-order valence-electron chi connectivity index (χ0n) is 8.94. The molecule has 0 aliphatic rings. The van der Waals surface area contributed by atoms with E-state index in [1.807, 2.05) is 0 Å². The molecule has 0 bridgehead atoms. The number of alkyl halides is 2. The van der Waals surface area contributed by atoms with Crippen molar-refractivity contribution in [3.63, 3.8) is 0 Å². The zero-order chi connectivity index (χ0) is 13.0. The Balaban J connectivity index is 3.08. The third-order valence-electron chi connectivity index (χ3n) is 1.98. The minimum Gasteiger partial charge on any atom is -0.507 e. The van der Waals surface area contributed by atoms with E-state index in [4.69, 9.17) is 0 Å². The van der Waals surface area contributed by atoms with Gasteiger partial charge in [0.2, 0.25) is 0 Å². The number of carbonyl (C=O) groups excluding carboxylic acids is 2. The molecule has 0 saturated carbocycles. The third-order valence-corrected chi connectivity index (χ3v) is 1.98. The molecule has 1 rings (SSSR count). The van der Waals surface area contributed by atoms with Crippen LogP contribution in [-0.4, -0.2) is 23.5 Å². The monoisotopic (exact) mass is 244 g/mol. The van der Waals surface area contributed by atoms with Crippen molar-refractivity contribution in [3.05, 3.63) is 29.3 Å². The van der Waals surface area contributed by atoms with Gasteiger partial charge in [-0.1, -0.05) is 0 Å². The maximum absolute atomic E-state index is 12.4. The van der Waals surface area contributed by atoms with Gasteiger partial charge in [0.15, 0.2) is 0 Å². The van der Waals surface area contributed by atoms with Crippen LogP contribution in [0.25, 0.3) is 0 Å². The highest BCUT2D eigenvalue weighted by atomic mass is 19.3. The quantitative estimate of drug-likeness (QED) is 0.500. The second-order valence-electron chi connectivity index (χ2n) is 3.13. The van der Waals surface area contributed by atoms with Crippen molar-refractivity contribution >= 4 is 11.8 Å². The molecule has 1 aromatic carbocycles. The van der Waals surface area contributed by atoms with Crippen molar-refractivity contribution in [1.29, 1.82) is 0 Å². The number of phenolic OH excluding ortho intramolecular Hbond substituents is 1. The molecule has 6 heteroatoms. The first kappa shape index (κ1) is 13.1. The normalized spacial score (nSPS) is 10.4. The second-order valence-corrected chi connectivity index (χ2v) is 3.13. The second kappa shape index (κ2) is 5.38. The highest BCUT2D eigenvalue weighted by molar-refractivity contribution is 6.41. The van der Waals surface area contributed by atoms with Gasteiger partial charge >= 0.3 is 5.97 Å². The molecule has 0 amide bonds. The molecule has 0 aliphatic heterocycles. The lowest BCUT2D eigenvalue weighted by Crippen LogP contribution is -2.17. The van der Waals surface area contributed by atoms with Crippen LogP contribution in [-0.2, 0) is 9.53 Å². The van der Waals surface area contributed by atoms with Crippen LogP contribution in [0.3, 0.4) is 0 Å². The number of hydrogen-bond acceptors (Lipinski definition) is 4. The van der Waals surface area contributed by atoms with E-state index < -0.39 is 35.1 Å². The Labute approximate surface area is 95.8 Å². The topological polar surface area (TPSA) is 63.6 Å². The predicted molar refractivity (Wildman–Crippen MR) is 54.0 cm³/mol. The molecule has 1 N–H and O–H groups in total. The highest BCUT2D eigenvalue weighted by Gasteiger charge is 2.22. The average molecular weight is 244 g/mol. The fourth-order valence-electron chi connectivity index (χ4n) is 1.18. The molecule has 17 heavy (non-hydrogen) atoms. The van der Waals surface area contributed by atoms with Crippen LogP contribution in [0.4, 0.5) is 8.78 Å². The SMILES string of the molecule is CCOC(=O)C(=O)c1cc(C(F)F)ccc1O. The summed E-state index contributed by atoms with van der Waals surface area (Å²) in [7, 11) is 0. The van der Waals surface area contributed by atoms with Crippen molar-refractivity contribution in [2.45, 2.75) is 13.3 Å². The number of rotatable bonds is 4. The number of benzene rings is 1. The molecular formula is C11H10F2O4. The van der Waals surface area contributed by atoms with Gasteiger partial charge in [-0.25, -0.2) is 13.6 Å². The van der Waals surface area contributed by atoms with Gasteiger partial charge in [-0.3, -0.25) is 4.79 Å². The number of esters is 1. The van der Waals surface area contributed by atoms with Gasteiger partial charge in [-0.2, -0.15) is 0 Å². The van der Waals surface area contributed by atoms with Crippen LogP contribution in [0.5, 0.6) is 5.75 Å². The molecule has 0 atom stereocenters. The summed E-state index contributed by atoms with van der Waals surface area (Å²) in [4.78, 5) is 22.6. The van der Waals surface area contributed by atoms with Crippen LogP contribution < -0.4 is 0 Å². The minimum absolute atomic E-state index is 0.0140. The summed E-state index contributed by atoms with van der Waals surface area (Å²) in [6.07, 6.45) is -2.79. The summed E-state index contributed by atoms with van der Waals surface area (Å²) in [5.41, 5.74) is -0.934. The molecule has 0 saturated heterocycles. The molecule has 0 radical (unpaired) electrons. The predicted octanol–water partition coefficient (Wildman–Crippen LogP) is 2.08. The summed E-state index contributed by atoms with van der Waals surface area (Å²) in [6.45, 7) is 1.49. The van der Waals surface area contributed by atoms with Crippen molar-refractivity contribution in [2.75, 3.05) is 6.61 Å². The van der Waals surface area contributed by atoms with E-state index in [1.165, 1.54) is 6.92 Å².